The van der Waals surface area contributed by atoms with Crippen molar-refractivity contribution < 1.29 is 9.21 Å². The molecule has 3 aromatic heterocycles. The van der Waals surface area contributed by atoms with Gasteiger partial charge in [-0.25, -0.2) is 9.67 Å². The fourth-order valence-electron chi connectivity index (χ4n) is 3.02. The molecule has 0 saturated heterocycles. The fraction of sp³-hybridized carbons (Fsp3) is 0.174. The summed E-state index contributed by atoms with van der Waals surface area (Å²) >= 11 is 0. The number of pyridine rings is 1. The van der Waals surface area contributed by atoms with Crippen LogP contribution in [0, 0.1) is 11.8 Å². The first-order valence-corrected chi connectivity index (χ1v) is 9.38. The quantitative estimate of drug-likeness (QED) is 0.539. The lowest BCUT2D eigenvalue weighted by atomic mass is 10.1. The van der Waals surface area contributed by atoms with E-state index in [2.05, 4.69) is 27.2 Å². The molecular weight excluding hydrogens is 364 g/mol. The van der Waals surface area contributed by atoms with Gasteiger partial charge in [0.15, 0.2) is 11.4 Å². The van der Waals surface area contributed by atoms with Crippen LogP contribution < -0.4 is 5.32 Å². The minimum atomic E-state index is -0.226. The number of nitrogens with zero attached hydrogens (tertiary/aromatic N) is 3. The molecule has 6 heteroatoms. The SMILES string of the molecule is CC(C)n1ncc2c(C(=O)NCC#Cc3ccccc3)cc(-c3ccco3)nc21. The second-order valence-corrected chi connectivity index (χ2v) is 6.80. The summed E-state index contributed by atoms with van der Waals surface area (Å²) in [6.45, 7) is 4.28. The van der Waals surface area contributed by atoms with Gasteiger partial charge in [-0.2, -0.15) is 5.10 Å². The fourth-order valence-corrected chi connectivity index (χ4v) is 3.02. The van der Waals surface area contributed by atoms with Gasteiger partial charge < -0.3 is 9.73 Å². The molecule has 0 fully saturated rings. The first kappa shape index (κ1) is 18.5. The first-order chi connectivity index (χ1) is 14.1. The number of fused-ring (bicyclic) bond motifs is 1. The number of rotatable bonds is 4. The van der Waals surface area contributed by atoms with Gasteiger partial charge in [0.2, 0.25) is 0 Å². The highest BCUT2D eigenvalue weighted by Gasteiger charge is 2.19. The van der Waals surface area contributed by atoms with Crippen molar-refractivity contribution in [2.45, 2.75) is 19.9 Å². The predicted molar refractivity (Wildman–Crippen MR) is 111 cm³/mol. The van der Waals surface area contributed by atoms with Gasteiger partial charge >= 0.3 is 0 Å². The van der Waals surface area contributed by atoms with Crippen LogP contribution in [0.4, 0.5) is 0 Å². The van der Waals surface area contributed by atoms with Gasteiger partial charge in [0.25, 0.3) is 5.91 Å². The number of carbonyl (C=O) groups is 1. The van der Waals surface area contributed by atoms with Crippen LogP contribution >= 0.6 is 0 Å². The first-order valence-electron chi connectivity index (χ1n) is 9.38. The Labute approximate surface area is 168 Å². The Hall–Kier alpha value is -3.85. The third-order valence-electron chi connectivity index (χ3n) is 4.42. The van der Waals surface area contributed by atoms with Crippen LogP contribution in [0.2, 0.25) is 0 Å². The maximum absolute atomic E-state index is 12.9. The summed E-state index contributed by atoms with van der Waals surface area (Å²) in [5.41, 5.74) is 2.64. The minimum absolute atomic E-state index is 0.111. The second kappa shape index (κ2) is 8.03. The van der Waals surface area contributed by atoms with Gasteiger partial charge in [-0.15, -0.1) is 0 Å². The summed E-state index contributed by atoms with van der Waals surface area (Å²) in [6, 6.07) is 15.1. The monoisotopic (exact) mass is 384 g/mol. The molecule has 0 radical (unpaired) electrons. The molecule has 6 nitrogen and oxygen atoms in total. The summed E-state index contributed by atoms with van der Waals surface area (Å²) in [4.78, 5) is 17.6. The van der Waals surface area contributed by atoms with Crippen molar-refractivity contribution in [3.05, 3.63) is 72.1 Å². The van der Waals surface area contributed by atoms with Crippen molar-refractivity contribution >= 4 is 16.9 Å². The number of hydrogen-bond donors (Lipinski definition) is 1. The second-order valence-electron chi connectivity index (χ2n) is 6.80. The Morgan fingerprint density at radius 2 is 2.03 bits per heavy atom. The standard InChI is InChI=1S/C23H20N4O2/c1-16(2)27-22-19(15-25-27)18(14-20(26-22)21-11-7-13-29-21)23(28)24-12-6-10-17-8-4-3-5-9-17/h3-5,7-9,11,13-16H,12H2,1-2H3,(H,24,28). The molecule has 1 amide bonds. The van der Waals surface area contributed by atoms with Crippen LogP contribution in [0.15, 0.2) is 65.4 Å². The Balaban J connectivity index is 1.65. The molecule has 144 valence electrons. The summed E-state index contributed by atoms with van der Waals surface area (Å²) in [5.74, 6) is 6.38. The molecule has 3 heterocycles. The Morgan fingerprint density at radius 3 is 2.76 bits per heavy atom. The van der Waals surface area contributed by atoms with E-state index in [4.69, 9.17) is 4.42 Å². The van der Waals surface area contributed by atoms with Crippen LogP contribution in [0.3, 0.4) is 0 Å². The molecule has 4 rings (SSSR count). The van der Waals surface area contributed by atoms with Crippen LogP contribution in [0.5, 0.6) is 0 Å². The van der Waals surface area contributed by atoms with E-state index in [1.54, 1.807) is 29.3 Å². The number of hydrogen-bond acceptors (Lipinski definition) is 4. The Bertz CT molecular complexity index is 1200. The highest BCUT2D eigenvalue weighted by Crippen LogP contribution is 2.26. The van der Waals surface area contributed by atoms with Crippen molar-refractivity contribution in [2.24, 2.45) is 0 Å². The molecule has 0 atom stereocenters. The molecule has 1 N–H and O–H groups in total. The van der Waals surface area contributed by atoms with Crippen LogP contribution in [-0.2, 0) is 0 Å². The third-order valence-corrected chi connectivity index (χ3v) is 4.42. The zero-order valence-corrected chi connectivity index (χ0v) is 16.2. The topological polar surface area (TPSA) is 73.0 Å². The summed E-state index contributed by atoms with van der Waals surface area (Å²) in [7, 11) is 0. The van der Waals surface area contributed by atoms with Gasteiger partial charge in [-0.05, 0) is 44.2 Å². The van der Waals surface area contributed by atoms with Gasteiger partial charge in [-0.1, -0.05) is 30.0 Å². The molecule has 0 aliphatic rings. The Kier molecular flexibility index (Phi) is 5.12. The zero-order valence-electron chi connectivity index (χ0n) is 16.2. The van der Waals surface area contributed by atoms with Gasteiger partial charge in [-0.3, -0.25) is 4.79 Å². The molecule has 1 aromatic carbocycles. The number of benzene rings is 1. The van der Waals surface area contributed by atoms with E-state index in [-0.39, 0.29) is 18.5 Å². The lowest BCUT2D eigenvalue weighted by Gasteiger charge is -2.09. The van der Waals surface area contributed by atoms with Crippen molar-refractivity contribution in [1.29, 1.82) is 0 Å². The lowest BCUT2D eigenvalue weighted by molar-refractivity contribution is 0.0960. The maximum Gasteiger partial charge on any atom is 0.252 e. The molecule has 4 aromatic rings. The van der Waals surface area contributed by atoms with E-state index in [1.165, 1.54) is 0 Å². The summed E-state index contributed by atoms with van der Waals surface area (Å²) in [5, 5.41) is 7.97. The maximum atomic E-state index is 12.9. The average molecular weight is 384 g/mol. The van der Waals surface area contributed by atoms with Gasteiger partial charge in [0.1, 0.15) is 5.69 Å². The number of nitrogens with one attached hydrogen (secondary N) is 1. The van der Waals surface area contributed by atoms with E-state index >= 15 is 0 Å². The number of furan rings is 1. The van der Waals surface area contributed by atoms with Crippen molar-refractivity contribution in [3.8, 4) is 23.3 Å². The van der Waals surface area contributed by atoms with E-state index in [0.29, 0.717) is 28.1 Å². The van der Waals surface area contributed by atoms with Crippen LogP contribution in [0.1, 0.15) is 35.8 Å². The molecule has 0 unspecified atom stereocenters. The van der Waals surface area contributed by atoms with E-state index < -0.39 is 0 Å². The highest BCUT2D eigenvalue weighted by atomic mass is 16.3. The van der Waals surface area contributed by atoms with E-state index in [0.717, 1.165) is 5.56 Å². The number of carbonyl (C=O) groups excluding carboxylic acids is 1. The predicted octanol–water partition coefficient (Wildman–Crippen LogP) is 4.05. The lowest BCUT2D eigenvalue weighted by Crippen LogP contribution is -2.24. The normalized spacial score (nSPS) is 10.7. The molecular formula is C23H20N4O2. The van der Waals surface area contributed by atoms with Gasteiger partial charge in [0, 0.05) is 11.6 Å². The third kappa shape index (κ3) is 3.90. The smallest absolute Gasteiger partial charge is 0.252 e. The highest BCUT2D eigenvalue weighted by molar-refractivity contribution is 6.06. The van der Waals surface area contributed by atoms with Crippen LogP contribution in [0.25, 0.3) is 22.5 Å². The molecule has 29 heavy (non-hydrogen) atoms. The number of aromatic nitrogens is 3. The number of amides is 1. The van der Waals surface area contributed by atoms with Crippen molar-refractivity contribution in [3.63, 3.8) is 0 Å². The van der Waals surface area contributed by atoms with Crippen molar-refractivity contribution in [1.82, 2.24) is 20.1 Å². The average Bonchev–Trinajstić information content (AvgIpc) is 3.41. The van der Waals surface area contributed by atoms with E-state index in [9.17, 15) is 4.79 Å². The van der Waals surface area contributed by atoms with Crippen LogP contribution in [-0.4, -0.2) is 27.2 Å². The van der Waals surface area contributed by atoms with E-state index in [1.807, 2.05) is 50.2 Å². The molecule has 0 aliphatic carbocycles. The van der Waals surface area contributed by atoms with Gasteiger partial charge in [0.05, 0.1) is 30.0 Å². The molecule has 0 bridgehead atoms. The molecule has 0 saturated carbocycles. The largest absolute Gasteiger partial charge is 0.463 e. The molecule has 0 aliphatic heterocycles. The minimum Gasteiger partial charge on any atom is -0.463 e. The molecule has 0 spiro atoms. The van der Waals surface area contributed by atoms with Crippen molar-refractivity contribution in [2.75, 3.05) is 6.54 Å². The summed E-state index contributed by atoms with van der Waals surface area (Å²) in [6.07, 6.45) is 3.26. The zero-order chi connectivity index (χ0) is 20.2. The summed E-state index contributed by atoms with van der Waals surface area (Å²) < 4.78 is 7.28. The Morgan fingerprint density at radius 1 is 1.21 bits per heavy atom.